The second-order valence-electron chi connectivity index (χ2n) is 4.52. The van der Waals surface area contributed by atoms with Gasteiger partial charge in [0.2, 0.25) is 5.95 Å². The Bertz CT molecular complexity index is 769. The van der Waals surface area contributed by atoms with Gasteiger partial charge in [0.05, 0.1) is 17.9 Å². The van der Waals surface area contributed by atoms with Gasteiger partial charge < -0.3 is 5.32 Å². The van der Waals surface area contributed by atoms with Crippen LogP contribution in [0, 0.1) is 0 Å². The first-order valence-corrected chi connectivity index (χ1v) is 6.62. The number of nitrogens with one attached hydrogen (secondary N) is 2. The number of benzene rings is 1. The molecule has 0 saturated heterocycles. The van der Waals surface area contributed by atoms with Crippen LogP contribution < -0.4 is 10.9 Å². The standard InChI is InChI=1S/C16H14N4O/c21-15-10-14(12-6-2-1-3-7-12)19-16(20-15)18-11-13-8-4-5-9-17-13/h1-10H,11H2,(H2,18,19,20,21). The van der Waals surface area contributed by atoms with E-state index in [-0.39, 0.29) is 5.56 Å². The number of H-pyrrole nitrogens is 1. The van der Waals surface area contributed by atoms with E-state index in [0.29, 0.717) is 18.2 Å². The van der Waals surface area contributed by atoms with Gasteiger partial charge in [-0.05, 0) is 12.1 Å². The van der Waals surface area contributed by atoms with Crippen LogP contribution in [0.4, 0.5) is 5.95 Å². The lowest BCUT2D eigenvalue weighted by Gasteiger charge is -2.07. The Morgan fingerprint density at radius 3 is 2.62 bits per heavy atom. The number of hydrogen-bond acceptors (Lipinski definition) is 4. The van der Waals surface area contributed by atoms with E-state index >= 15 is 0 Å². The van der Waals surface area contributed by atoms with Gasteiger partial charge >= 0.3 is 0 Å². The minimum absolute atomic E-state index is 0.188. The maximum absolute atomic E-state index is 11.7. The lowest BCUT2D eigenvalue weighted by Crippen LogP contribution is -2.13. The van der Waals surface area contributed by atoms with E-state index < -0.39 is 0 Å². The van der Waals surface area contributed by atoms with E-state index in [0.717, 1.165) is 11.3 Å². The number of aromatic amines is 1. The molecule has 0 spiro atoms. The van der Waals surface area contributed by atoms with Crippen molar-refractivity contribution in [3.63, 3.8) is 0 Å². The molecular weight excluding hydrogens is 264 g/mol. The highest BCUT2D eigenvalue weighted by atomic mass is 16.1. The Hall–Kier alpha value is -2.95. The number of rotatable bonds is 4. The molecule has 0 aliphatic rings. The van der Waals surface area contributed by atoms with E-state index in [1.807, 2.05) is 48.5 Å². The zero-order chi connectivity index (χ0) is 14.5. The summed E-state index contributed by atoms with van der Waals surface area (Å²) in [6.07, 6.45) is 1.73. The Morgan fingerprint density at radius 2 is 1.86 bits per heavy atom. The summed E-state index contributed by atoms with van der Waals surface area (Å²) >= 11 is 0. The van der Waals surface area contributed by atoms with E-state index in [4.69, 9.17) is 0 Å². The second kappa shape index (κ2) is 6.00. The van der Waals surface area contributed by atoms with Crippen molar-refractivity contribution in [1.82, 2.24) is 15.0 Å². The summed E-state index contributed by atoms with van der Waals surface area (Å²) in [7, 11) is 0. The molecule has 3 aromatic rings. The lowest BCUT2D eigenvalue weighted by atomic mass is 10.1. The summed E-state index contributed by atoms with van der Waals surface area (Å²) < 4.78 is 0. The van der Waals surface area contributed by atoms with E-state index in [1.54, 1.807) is 6.20 Å². The largest absolute Gasteiger partial charge is 0.350 e. The van der Waals surface area contributed by atoms with Gasteiger partial charge in [-0.3, -0.25) is 14.8 Å². The normalized spacial score (nSPS) is 10.3. The van der Waals surface area contributed by atoms with Crippen LogP contribution in [0.3, 0.4) is 0 Å². The SMILES string of the molecule is O=c1cc(-c2ccccc2)nc(NCc2ccccn2)[nH]1. The molecule has 2 aromatic heterocycles. The average molecular weight is 278 g/mol. The number of anilines is 1. The number of aromatic nitrogens is 3. The first-order valence-electron chi connectivity index (χ1n) is 6.62. The maximum Gasteiger partial charge on any atom is 0.252 e. The van der Waals surface area contributed by atoms with Crippen LogP contribution in [0.15, 0.2) is 65.6 Å². The van der Waals surface area contributed by atoms with Gasteiger partial charge in [-0.1, -0.05) is 36.4 Å². The smallest absolute Gasteiger partial charge is 0.252 e. The molecule has 1 aromatic carbocycles. The Morgan fingerprint density at radius 1 is 1.05 bits per heavy atom. The van der Waals surface area contributed by atoms with Gasteiger partial charge in [0, 0.05) is 17.8 Å². The summed E-state index contributed by atoms with van der Waals surface area (Å²) in [6, 6.07) is 16.8. The molecule has 0 aliphatic heterocycles. The lowest BCUT2D eigenvalue weighted by molar-refractivity contribution is 0.994. The molecule has 0 amide bonds. The third-order valence-corrected chi connectivity index (χ3v) is 2.97. The molecule has 0 unspecified atom stereocenters. The Labute approximate surface area is 121 Å². The van der Waals surface area contributed by atoms with Gasteiger partial charge in [0.15, 0.2) is 0 Å². The number of hydrogen-bond donors (Lipinski definition) is 2. The van der Waals surface area contributed by atoms with E-state index in [1.165, 1.54) is 6.07 Å². The van der Waals surface area contributed by atoms with Crippen LogP contribution in [0.1, 0.15) is 5.69 Å². The molecule has 21 heavy (non-hydrogen) atoms. The highest BCUT2D eigenvalue weighted by molar-refractivity contribution is 5.59. The van der Waals surface area contributed by atoms with Crippen LogP contribution in [-0.2, 0) is 6.54 Å². The third-order valence-electron chi connectivity index (χ3n) is 2.97. The monoisotopic (exact) mass is 278 g/mol. The highest BCUT2D eigenvalue weighted by Crippen LogP contribution is 2.15. The number of nitrogens with zero attached hydrogens (tertiary/aromatic N) is 2. The molecule has 2 heterocycles. The first kappa shape index (κ1) is 13.1. The van der Waals surface area contributed by atoms with Gasteiger partial charge in [0.1, 0.15) is 0 Å². The van der Waals surface area contributed by atoms with Crippen molar-refractivity contribution in [1.29, 1.82) is 0 Å². The topological polar surface area (TPSA) is 70.7 Å². The fourth-order valence-electron chi connectivity index (χ4n) is 1.98. The van der Waals surface area contributed by atoms with Crippen molar-refractivity contribution in [3.8, 4) is 11.3 Å². The molecule has 0 atom stereocenters. The fraction of sp³-hybridized carbons (Fsp3) is 0.0625. The molecular formula is C16H14N4O. The van der Waals surface area contributed by atoms with E-state index in [2.05, 4.69) is 20.3 Å². The highest BCUT2D eigenvalue weighted by Gasteiger charge is 2.03. The van der Waals surface area contributed by atoms with Crippen molar-refractivity contribution in [3.05, 3.63) is 76.8 Å². The van der Waals surface area contributed by atoms with Crippen molar-refractivity contribution >= 4 is 5.95 Å². The van der Waals surface area contributed by atoms with Crippen molar-refractivity contribution in [2.75, 3.05) is 5.32 Å². The zero-order valence-corrected chi connectivity index (χ0v) is 11.3. The minimum Gasteiger partial charge on any atom is -0.350 e. The van der Waals surface area contributed by atoms with Crippen LogP contribution in [-0.4, -0.2) is 15.0 Å². The molecule has 5 heteroatoms. The van der Waals surface area contributed by atoms with Gasteiger partial charge in [-0.15, -0.1) is 0 Å². The molecule has 0 fully saturated rings. The maximum atomic E-state index is 11.7. The summed E-state index contributed by atoms with van der Waals surface area (Å²) in [5.74, 6) is 0.437. The van der Waals surface area contributed by atoms with Crippen LogP contribution in [0.5, 0.6) is 0 Å². The summed E-state index contributed by atoms with van der Waals surface area (Å²) in [5.41, 5.74) is 2.24. The summed E-state index contributed by atoms with van der Waals surface area (Å²) in [4.78, 5) is 23.1. The Kier molecular flexibility index (Phi) is 3.73. The molecule has 104 valence electrons. The molecule has 0 radical (unpaired) electrons. The second-order valence-corrected chi connectivity index (χ2v) is 4.52. The average Bonchev–Trinajstić information content (AvgIpc) is 2.54. The van der Waals surface area contributed by atoms with Crippen molar-refractivity contribution in [2.45, 2.75) is 6.54 Å². The molecule has 3 rings (SSSR count). The third kappa shape index (κ3) is 3.33. The quantitative estimate of drug-likeness (QED) is 0.769. The number of pyridine rings is 1. The van der Waals surface area contributed by atoms with Crippen LogP contribution in [0.2, 0.25) is 0 Å². The van der Waals surface area contributed by atoms with Crippen LogP contribution >= 0.6 is 0 Å². The Balaban J connectivity index is 1.83. The molecule has 0 aliphatic carbocycles. The van der Waals surface area contributed by atoms with Crippen molar-refractivity contribution in [2.24, 2.45) is 0 Å². The summed E-state index contributed by atoms with van der Waals surface area (Å²) in [5, 5.41) is 3.08. The molecule has 0 bridgehead atoms. The minimum atomic E-state index is -0.188. The van der Waals surface area contributed by atoms with Gasteiger partial charge in [0.25, 0.3) is 5.56 Å². The predicted molar refractivity (Wildman–Crippen MR) is 81.9 cm³/mol. The first-order chi connectivity index (χ1) is 10.3. The molecule has 5 nitrogen and oxygen atoms in total. The van der Waals surface area contributed by atoms with Crippen molar-refractivity contribution < 1.29 is 0 Å². The van der Waals surface area contributed by atoms with E-state index in [9.17, 15) is 4.79 Å². The predicted octanol–water partition coefficient (Wildman–Crippen LogP) is 2.44. The summed E-state index contributed by atoms with van der Waals surface area (Å²) in [6.45, 7) is 0.502. The van der Waals surface area contributed by atoms with Gasteiger partial charge in [-0.25, -0.2) is 4.98 Å². The fourth-order valence-corrected chi connectivity index (χ4v) is 1.98. The zero-order valence-electron chi connectivity index (χ0n) is 11.3. The van der Waals surface area contributed by atoms with Crippen LogP contribution in [0.25, 0.3) is 11.3 Å². The molecule has 0 saturated carbocycles. The molecule has 2 N–H and O–H groups in total. The van der Waals surface area contributed by atoms with Gasteiger partial charge in [-0.2, -0.15) is 0 Å².